The van der Waals surface area contributed by atoms with Crippen molar-refractivity contribution >= 4 is 88.1 Å². The molecule has 656 valence electrons. The van der Waals surface area contributed by atoms with Crippen LogP contribution in [0, 0.1) is 17.8 Å². The van der Waals surface area contributed by atoms with Crippen LogP contribution in [0.15, 0.2) is 0 Å². The fraction of sp³-hybridized carbons (Fsp3) is 0.821. The maximum absolute atomic E-state index is 13.8. The molecule has 0 aromatic heterocycles. The summed E-state index contributed by atoms with van der Waals surface area (Å²) >= 11 is 0. The number of nitrogens with two attached hydrogens (primary N) is 5. The molecule has 0 aliphatic heterocycles. The summed E-state index contributed by atoms with van der Waals surface area (Å²) in [6.45, 7) is 5.84. The van der Waals surface area contributed by atoms with Crippen molar-refractivity contribution in [1.29, 1.82) is 0 Å². The van der Waals surface area contributed by atoms with Crippen molar-refractivity contribution in [2.24, 2.45) is 46.4 Å². The van der Waals surface area contributed by atoms with Gasteiger partial charge in [0, 0.05) is 113 Å². The van der Waals surface area contributed by atoms with E-state index in [1.54, 1.807) is 13.8 Å². The number of aliphatic carboxylic acids is 4. The van der Waals surface area contributed by atoms with E-state index >= 15 is 0 Å². The smallest absolute Gasteiger partial charge is 0.326 e. The minimum Gasteiger partial charge on any atom is -0.481 e. The van der Waals surface area contributed by atoms with Crippen molar-refractivity contribution in [2.45, 2.75) is 397 Å². The van der Waals surface area contributed by atoms with Gasteiger partial charge in [0.25, 0.3) is 0 Å². The number of rotatable bonds is 80. The fourth-order valence-electron chi connectivity index (χ4n) is 13.4. The Morgan fingerprint density at radius 2 is 0.611 bits per heavy atom. The monoisotopic (exact) mass is 1610 g/mol. The highest BCUT2D eigenvalue weighted by molar-refractivity contribution is 5.94. The van der Waals surface area contributed by atoms with Crippen LogP contribution in [0.25, 0.3) is 0 Å². The summed E-state index contributed by atoms with van der Waals surface area (Å²) in [4.78, 5) is 186. The second-order valence-electron chi connectivity index (χ2n) is 32.0. The van der Waals surface area contributed by atoms with E-state index in [0.717, 1.165) is 103 Å². The van der Waals surface area contributed by atoms with E-state index in [9.17, 15) is 82.1 Å². The number of ketones is 6. The minimum atomic E-state index is -1.19. The highest BCUT2D eigenvalue weighted by Crippen LogP contribution is 2.25. The van der Waals surface area contributed by atoms with Crippen molar-refractivity contribution in [3.05, 3.63) is 0 Å². The molecule has 0 unspecified atom stereocenters. The summed E-state index contributed by atoms with van der Waals surface area (Å²) in [5.41, 5.74) is 29.5. The van der Waals surface area contributed by atoms with Gasteiger partial charge in [-0.1, -0.05) is 141 Å². The maximum Gasteiger partial charge on any atom is 0.326 e. The second-order valence-corrected chi connectivity index (χ2v) is 32.0. The lowest BCUT2D eigenvalue weighted by Crippen LogP contribution is -2.43. The Hall–Kier alpha value is -6.95. The van der Waals surface area contributed by atoms with E-state index in [2.05, 4.69) is 26.6 Å². The number of hydrogen-bond acceptors (Lipinski definition) is 20. The molecular weight excluding hydrogens is 1450 g/mol. The van der Waals surface area contributed by atoms with Crippen molar-refractivity contribution in [2.75, 3.05) is 26.2 Å². The number of carbonyl (C=O) groups is 15. The van der Waals surface area contributed by atoms with Gasteiger partial charge in [-0.25, -0.2) is 4.79 Å². The molecule has 0 saturated carbocycles. The SMILES string of the molecule is CC(=O)[C@H](CCCCNC(=O)[C@@H](N)CCCCNC(=O)[C@@H](N)CCCCCC(=O)CC[C@H](NC(=O)CCCCCCCCCCCCC(=O)O)C(=O)O)CC(=O)[C@H](CCCCNC(=O)[C@@H](N)CCCCNC(=O)[C@@H](N)CCCCCC(=O)CC[C@H](CC(=O)CCCCCCCCCCCCC(=O)O)C(=O)O)CC(=O)C(C)(C)N.[HH].[HH].[HH]. The third-order valence-electron chi connectivity index (χ3n) is 21.0. The molecule has 0 aliphatic rings. The molecule has 0 aliphatic carbocycles. The van der Waals surface area contributed by atoms with Crippen molar-refractivity contribution < 1.29 is 96.6 Å². The zero-order chi connectivity index (χ0) is 84.6. The first-order chi connectivity index (χ1) is 53.7. The first kappa shape index (κ1) is 106. The van der Waals surface area contributed by atoms with Gasteiger partial charge in [0.15, 0.2) is 5.78 Å². The van der Waals surface area contributed by atoms with Crippen molar-refractivity contribution in [3.63, 3.8) is 0 Å². The van der Waals surface area contributed by atoms with Crippen LogP contribution in [-0.4, -0.2) is 170 Å². The van der Waals surface area contributed by atoms with Gasteiger partial charge in [-0.05, 0) is 149 Å². The number of unbranched alkanes of at least 4 members (excludes halogenated alkanes) is 26. The van der Waals surface area contributed by atoms with Gasteiger partial charge in [-0.3, -0.25) is 67.1 Å². The van der Waals surface area contributed by atoms with Gasteiger partial charge in [-0.15, -0.1) is 0 Å². The number of hydrogen-bond donors (Lipinski definition) is 14. The first-order valence-electron chi connectivity index (χ1n) is 43.0. The zero-order valence-corrected chi connectivity index (χ0v) is 69.2. The Morgan fingerprint density at radius 3 is 0.947 bits per heavy atom. The summed E-state index contributed by atoms with van der Waals surface area (Å²) in [6, 6.07) is -4.21. The molecule has 113 heavy (non-hydrogen) atoms. The molecule has 0 bridgehead atoms. The van der Waals surface area contributed by atoms with Crippen LogP contribution in [0.5, 0.6) is 0 Å². The van der Waals surface area contributed by atoms with Crippen LogP contribution < -0.4 is 55.3 Å². The molecule has 0 spiro atoms. The van der Waals surface area contributed by atoms with Gasteiger partial charge in [0.1, 0.15) is 35.0 Å². The molecule has 0 rings (SSSR count). The van der Waals surface area contributed by atoms with Crippen molar-refractivity contribution in [3.8, 4) is 0 Å². The minimum absolute atomic E-state index is 0. The third kappa shape index (κ3) is 61.2. The largest absolute Gasteiger partial charge is 0.481 e. The summed E-state index contributed by atoms with van der Waals surface area (Å²) in [7, 11) is 0. The van der Waals surface area contributed by atoms with Crippen LogP contribution in [0.2, 0.25) is 0 Å². The molecular formula is C84H156N10O19. The standard InChI is InChI=1S/C84H150N10O19.3H2/c1-61(95)62(38-30-34-54-90-80(108)70(87)45-32-36-56-93-79(107)69(86)44-26-21-24-41-66(97)52-53-72(83(112)113)94-75(101)47-27-17-13-9-5-7-11-15-19-29-49-77(104)105)59-73(99)63(60-74(100)84(2,3)89)39-31-35-55-91-81(109)71(88)46-33-37-57-92-78(106)68(85)43-25-20-23-40-65(96)51-50-64(82(110)111)58-67(98)42-22-16-12-8-4-6-10-14-18-28-48-76(102)103;;;/h62-64,68-72H,4-60,85-89H2,1-3H3,(H,90,108)(H,91,109)(H,92,106)(H,93,107)(H,94,101)(H,102,103)(H,104,105)(H,110,111)(H,112,113);3*1H/t62-,63-,64-,68+,69+,70+,71+,72+;;;/m1.../s1. The lowest BCUT2D eigenvalue weighted by atomic mass is 9.82. The molecule has 0 saturated heterocycles. The molecule has 0 aromatic rings. The van der Waals surface area contributed by atoms with E-state index < -0.39 is 77.4 Å². The van der Waals surface area contributed by atoms with Gasteiger partial charge < -0.3 is 75.7 Å². The van der Waals surface area contributed by atoms with Crippen LogP contribution in [0.3, 0.4) is 0 Å². The van der Waals surface area contributed by atoms with E-state index in [4.69, 9.17) is 38.9 Å². The zero-order valence-electron chi connectivity index (χ0n) is 69.2. The van der Waals surface area contributed by atoms with Crippen LogP contribution in [0.1, 0.15) is 365 Å². The van der Waals surface area contributed by atoms with Crippen molar-refractivity contribution in [1.82, 2.24) is 26.6 Å². The molecule has 0 heterocycles. The first-order valence-corrected chi connectivity index (χ1v) is 43.0. The average Bonchev–Trinajstić information content (AvgIpc) is 0.863. The van der Waals surface area contributed by atoms with E-state index in [1.165, 1.54) is 6.92 Å². The van der Waals surface area contributed by atoms with Crippen LogP contribution >= 0.6 is 0 Å². The average molecular weight is 1610 g/mol. The number of nitrogens with one attached hydrogen (secondary N) is 5. The highest BCUT2D eigenvalue weighted by Gasteiger charge is 2.31. The van der Waals surface area contributed by atoms with Gasteiger partial charge >= 0.3 is 23.9 Å². The van der Waals surface area contributed by atoms with Gasteiger partial charge in [-0.2, -0.15) is 0 Å². The molecule has 0 radical (unpaired) electrons. The van der Waals surface area contributed by atoms with E-state index in [1.807, 2.05) is 0 Å². The normalized spacial score (nSPS) is 13.6. The second kappa shape index (κ2) is 67.2. The summed E-state index contributed by atoms with van der Waals surface area (Å²) in [5.74, 6) is -8.56. The molecule has 19 N–H and O–H groups in total. The quantitative estimate of drug-likeness (QED) is 0.0252. The molecule has 5 amide bonds. The van der Waals surface area contributed by atoms with Gasteiger partial charge in [0.2, 0.25) is 29.5 Å². The Labute approximate surface area is 678 Å². The third-order valence-corrected chi connectivity index (χ3v) is 21.0. The molecule has 0 aromatic carbocycles. The number of carboxylic acid groups (broad SMARTS) is 4. The molecule has 0 fully saturated rings. The Kier molecular flexibility index (Phi) is 63.1. The van der Waals surface area contributed by atoms with Gasteiger partial charge in [0.05, 0.1) is 35.6 Å². The maximum atomic E-state index is 13.8. The predicted octanol–water partition coefficient (Wildman–Crippen LogP) is 11.0. The lowest BCUT2D eigenvalue weighted by Gasteiger charge is -2.23. The molecule has 29 heteroatoms. The number of carboxylic acids is 4. The Morgan fingerprint density at radius 1 is 0.310 bits per heavy atom. The topological polar surface area (TPSA) is 527 Å². The Bertz CT molecular complexity index is 2800. The molecule has 8 atom stereocenters. The predicted molar refractivity (Wildman–Crippen MR) is 442 cm³/mol. The van der Waals surface area contributed by atoms with Crippen LogP contribution in [-0.2, 0) is 71.9 Å². The van der Waals surface area contributed by atoms with Crippen LogP contribution in [0.4, 0.5) is 0 Å². The number of Topliss-reactive ketones (excluding diaryl/α,β-unsaturated/α-hetero) is 6. The lowest BCUT2D eigenvalue weighted by molar-refractivity contribution is -0.144. The van der Waals surface area contributed by atoms with E-state index in [0.29, 0.717) is 180 Å². The summed E-state index contributed by atoms with van der Waals surface area (Å²) < 4.78 is 0. The summed E-state index contributed by atoms with van der Waals surface area (Å²) in [5, 5.41) is 50.6. The molecule has 29 nitrogen and oxygen atoms in total. The number of carbonyl (C=O) groups excluding carboxylic acids is 11. The van der Waals surface area contributed by atoms with E-state index in [-0.39, 0.29) is 152 Å². The summed E-state index contributed by atoms with van der Waals surface area (Å²) in [6.07, 6.45) is 30.9. The highest BCUT2D eigenvalue weighted by atomic mass is 16.4. The Balaban J connectivity index is -0.0000209. The fourth-order valence-corrected chi connectivity index (χ4v) is 13.4. The number of amides is 5.